The minimum atomic E-state index is -0.0124. The first-order valence-corrected chi connectivity index (χ1v) is 7.28. The summed E-state index contributed by atoms with van der Waals surface area (Å²) in [5.41, 5.74) is 11.0. The Morgan fingerprint density at radius 1 is 1.19 bits per heavy atom. The average molecular weight is 283 g/mol. The maximum absolute atomic E-state index is 6.36. The Kier molecular flexibility index (Phi) is 3.95. The molecule has 0 radical (unpaired) electrons. The Morgan fingerprint density at radius 3 is 2.81 bits per heavy atom. The molecule has 1 unspecified atom stereocenters. The van der Waals surface area contributed by atoms with E-state index in [0.717, 1.165) is 23.3 Å². The van der Waals surface area contributed by atoms with E-state index in [4.69, 9.17) is 15.2 Å². The third-order valence-electron chi connectivity index (χ3n) is 4.00. The van der Waals surface area contributed by atoms with Crippen molar-refractivity contribution in [1.82, 2.24) is 0 Å². The molecule has 3 heteroatoms. The molecule has 3 rings (SSSR count). The summed E-state index contributed by atoms with van der Waals surface area (Å²) in [6, 6.07) is 14.5. The van der Waals surface area contributed by atoms with Gasteiger partial charge in [0, 0.05) is 25.1 Å². The standard InChI is InChI=1S/C18H21NO2/c1-12-7-8-17-15(9-12)16(19)10-18(21-17)14-6-4-3-5-13(14)11-20-2/h3-9,16,18H,10-11,19H2,1-2H3/t16-,18?/m1/s1. The zero-order valence-corrected chi connectivity index (χ0v) is 12.5. The van der Waals surface area contributed by atoms with Gasteiger partial charge in [-0.25, -0.2) is 0 Å². The summed E-state index contributed by atoms with van der Waals surface area (Å²) in [7, 11) is 1.71. The van der Waals surface area contributed by atoms with Crippen molar-refractivity contribution < 1.29 is 9.47 Å². The number of ether oxygens (including phenoxy) is 2. The zero-order valence-electron chi connectivity index (χ0n) is 12.5. The SMILES string of the molecule is COCc1ccccc1C1C[C@@H](N)c2cc(C)ccc2O1. The topological polar surface area (TPSA) is 44.5 Å². The highest BCUT2D eigenvalue weighted by atomic mass is 16.5. The summed E-state index contributed by atoms with van der Waals surface area (Å²) >= 11 is 0. The lowest BCUT2D eigenvalue weighted by Gasteiger charge is -2.31. The monoisotopic (exact) mass is 283 g/mol. The molecular formula is C18H21NO2. The van der Waals surface area contributed by atoms with Crippen LogP contribution in [0.3, 0.4) is 0 Å². The molecule has 110 valence electrons. The molecule has 0 spiro atoms. The molecule has 2 N–H and O–H groups in total. The Balaban J connectivity index is 1.94. The van der Waals surface area contributed by atoms with Crippen LogP contribution in [0.15, 0.2) is 42.5 Å². The third kappa shape index (κ3) is 2.80. The van der Waals surface area contributed by atoms with Crippen LogP contribution in [0.1, 0.15) is 40.8 Å². The molecule has 0 saturated heterocycles. The average Bonchev–Trinajstić information content (AvgIpc) is 2.49. The molecule has 1 heterocycles. The van der Waals surface area contributed by atoms with Crippen LogP contribution >= 0.6 is 0 Å². The summed E-state index contributed by atoms with van der Waals surface area (Å²) in [5, 5.41) is 0. The van der Waals surface area contributed by atoms with Crippen LogP contribution in [0.25, 0.3) is 0 Å². The van der Waals surface area contributed by atoms with E-state index in [1.807, 2.05) is 18.2 Å². The van der Waals surface area contributed by atoms with Gasteiger partial charge < -0.3 is 15.2 Å². The molecule has 3 nitrogen and oxygen atoms in total. The van der Waals surface area contributed by atoms with Crippen molar-refractivity contribution in [1.29, 1.82) is 0 Å². The minimum Gasteiger partial charge on any atom is -0.485 e. The number of methoxy groups -OCH3 is 1. The van der Waals surface area contributed by atoms with E-state index in [9.17, 15) is 0 Å². The normalized spacial score (nSPS) is 20.7. The Morgan fingerprint density at radius 2 is 2.00 bits per heavy atom. The van der Waals surface area contributed by atoms with Gasteiger partial charge in [-0.3, -0.25) is 0 Å². The van der Waals surface area contributed by atoms with Crippen molar-refractivity contribution in [3.05, 3.63) is 64.7 Å². The summed E-state index contributed by atoms with van der Waals surface area (Å²) in [6.45, 7) is 2.67. The number of aryl methyl sites for hydroxylation is 1. The molecule has 0 aliphatic carbocycles. The predicted octanol–water partition coefficient (Wildman–Crippen LogP) is 3.67. The summed E-state index contributed by atoms with van der Waals surface area (Å²) in [5.74, 6) is 0.900. The second-order valence-electron chi connectivity index (χ2n) is 5.62. The van der Waals surface area contributed by atoms with Crippen LogP contribution in [0.5, 0.6) is 5.75 Å². The molecule has 2 atom stereocenters. The van der Waals surface area contributed by atoms with Gasteiger partial charge in [0.15, 0.2) is 0 Å². The number of fused-ring (bicyclic) bond motifs is 1. The van der Waals surface area contributed by atoms with Crippen LogP contribution in [0.2, 0.25) is 0 Å². The van der Waals surface area contributed by atoms with Gasteiger partial charge >= 0.3 is 0 Å². The van der Waals surface area contributed by atoms with E-state index in [2.05, 4.69) is 31.2 Å². The summed E-state index contributed by atoms with van der Waals surface area (Å²) < 4.78 is 11.5. The van der Waals surface area contributed by atoms with Gasteiger partial charge in [0.25, 0.3) is 0 Å². The fraction of sp³-hybridized carbons (Fsp3) is 0.333. The minimum absolute atomic E-state index is 0.00857. The van der Waals surface area contributed by atoms with Crippen molar-refractivity contribution in [2.24, 2.45) is 5.73 Å². The zero-order chi connectivity index (χ0) is 14.8. The molecule has 1 aliphatic rings. The van der Waals surface area contributed by atoms with Crippen molar-refractivity contribution in [3.8, 4) is 5.75 Å². The highest BCUT2D eigenvalue weighted by Crippen LogP contribution is 2.40. The second kappa shape index (κ2) is 5.88. The maximum Gasteiger partial charge on any atom is 0.126 e. The lowest BCUT2D eigenvalue weighted by molar-refractivity contribution is 0.151. The second-order valence-corrected chi connectivity index (χ2v) is 5.62. The van der Waals surface area contributed by atoms with Gasteiger partial charge in [-0.15, -0.1) is 0 Å². The third-order valence-corrected chi connectivity index (χ3v) is 4.00. The molecular weight excluding hydrogens is 262 g/mol. The van der Waals surface area contributed by atoms with Crippen LogP contribution in [0, 0.1) is 6.92 Å². The van der Waals surface area contributed by atoms with E-state index in [1.54, 1.807) is 7.11 Å². The van der Waals surface area contributed by atoms with Crippen molar-refractivity contribution in [2.45, 2.75) is 32.1 Å². The predicted molar refractivity (Wildman–Crippen MR) is 83.2 cm³/mol. The Bertz CT molecular complexity index is 639. The number of hydrogen-bond acceptors (Lipinski definition) is 3. The lowest BCUT2D eigenvalue weighted by atomic mass is 9.91. The van der Waals surface area contributed by atoms with Crippen molar-refractivity contribution in [3.63, 3.8) is 0 Å². The van der Waals surface area contributed by atoms with Crippen molar-refractivity contribution in [2.75, 3.05) is 7.11 Å². The quantitative estimate of drug-likeness (QED) is 0.934. The fourth-order valence-electron chi connectivity index (χ4n) is 2.95. The first-order valence-electron chi connectivity index (χ1n) is 7.28. The molecule has 0 bridgehead atoms. The molecule has 21 heavy (non-hydrogen) atoms. The van der Waals surface area contributed by atoms with E-state index in [1.165, 1.54) is 11.1 Å². The van der Waals surface area contributed by atoms with Crippen LogP contribution in [-0.4, -0.2) is 7.11 Å². The van der Waals surface area contributed by atoms with Crippen molar-refractivity contribution >= 4 is 0 Å². The lowest BCUT2D eigenvalue weighted by Crippen LogP contribution is -2.25. The smallest absolute Gasteiger partial charge is 0.126 e. The largest absolute Gasteiger partial charge is 0.485 e. The van der Waals surface area contributed by atoms with Gasteiger partial charge in [0.05, 0.1) is 6.61 Å². The van der Waals surface area contributed by atoms with E-state index in [0.29, 0.717) is 6.61 Å². The van der Waals surface area contributed by atoms with Gasteiger partial charge in [-0.05, 0) is 24.1 Å². The van der Waals surface area contributed by atoms with E-state index < -0.39 is 0 Å². The number of rotatable bonds is 3. The number of benzene rings is 2. The molecule has 0 saturated carbocycles. The van der Waals surface area contributed by atoms with Crippen LogP contribution < -0.4 is 10.5 Å². The fourth-order valence-corrected chi connectivity index (χ4v) is 2.95. The molecule has 0 aromatic heterocycles. The van der Waals surface area contributed by atoms with Crippen LogP contribution in [-0.2, 0) is 11.3 Å². The molecule has 0 amide bonds. The first-order chi connectivity index (χ1) is 10.2. The number of nitrogens with two attached hydrogens (primary N) is 1. The highest BCUT2D eigenvalue weighted by Gasteiger charge is 2.28. The highest BCUT2D eigenvalue weighted by molar-refractivity contribution is 5.42. The van der Waals surface area contributed by atoms with E-state index >= 15 is 0 Å². The Labute approximate surface area is 125 Å². The van der Waals surface area contributed by atoms with Crippen LogP contribution in [0.4, 0.5) is 0 Å². The molecule has 1 aliphatic heterocycles. The summed E-state index contributed by atoms with van der Waals surface area (Å²) in [6.07, 6.45) is 0.776. The molecule has 0 fully saturated rings. The maximum atomic E-state index is 6.36. The van der Waals surface area contributed by atoms with Gasteiger partial charge in [0.1, 0.15) is 11.9 Å². The van der Waals surface area contributed by atoms with Gasteiger partial charge in [-0.1, -0.05) is 42.0 Å². The summed E-state index contributed by atoms with van der Waals surface area (Å²) in [4.78, 5) is 0. The first kappa shape index (κ1) is 14.1. The van der Waals surface area contributed by atoms with Gasteiger partial charge in [-0.2, -0.15) is 0 Å². The number of hydrogen-bond donors (Lipinski definition) is 1. The molecule has 2 aromatic carbocycles. The Hall–Kier alpha value is -1.84. The van der Waals surface area contributed by atoms with E-state index in [-0.39, 0.29) is 12.1 Å². The van der Waals surface area contributed by atoms with Gasteiger partial charge in [0.2, 0.25) is 0 Å². The molecule has 2 aromatic rings.